The molecule has 106 valence electrons. The van der Waals surface area contributed by atoms with Crippen molar-refractivity contribution >= 4 is 18.0 Å². The number of rotatable bonds is 5. The Kier molecular flexibility index (Phi) is 3.87. The number of ketones is 1. The summed E-state index contributed by atoms with van der Waals surface area (Å²) in [6.07, 6.45) is 2.52. The van der Waals surface area contributed by atoms with Gasteiger partial charge in [-0.3, -0.25) is 14.6 Å². The van der Waals surface area contributed by atoms with Crippen LogP contribution in [0, 0.1) is 23.4 Å². The van der Waals surface area contributed by atoms with Crippen LogP contribution in [0.2, 0.25) is 0 Å². The molecule has 0 aliphatic heterocycles. The molecule has 4 nitrogen and oxygen atoms in total. The number of carboxylic acids is 1. The lowest BCUT2D eigenvalue weighted by molar-refractivity contribution is -0.137. The van der Waals surface area contributed by atoms with Crippen LogP contribution in [0.25, 0.3) is 0 Å². The highest BCUT2D eigenvalue weighted by atomic mass is 19.2. The number of nitrogens with zero attached hydrogens (tertiary/aromatic N) is 1. The van der Waals surface area contributed by atoms with Crippen molar-refractivity contribution in [2.24, 2.45) is 10.9 Å². The summed E-state index contributed by atoms with van der Waals surface area (Å²) in [5.74, 6) is -8.58. The second-order valence-corrected chi connectivity index (χ2v) is 4.46. The van der Waals surface area contributed by atoms with Crippen molar-refractivity contribution in [3.63, 3.8) is 0 Å². The minimum absolute atomic E-state index is 0.0144. The fourth-order valence-corrected chi connectivity index (χ4v) is 1.55. The van der Waals surface area contributed by atoms with Gasteiger partial charge in [-0.15, -0.1) is 0 Å². The maximum atomic E-state index is 13.5. The molecule has 20 heavy (non-hydrogen) atoms. The molecular weight excluding hydrogens is 275 g/mol. The van der Waals surface area contributed by atoms with Crippen LogP contribution in [0.1, 0.15) is 23.2 Å². The summed E-state index contributed by atoms with van der Waals surface area (Å²) in [7, 11) is 0. The summed E-state index contributed by atoms with van der Waals surface area (Å²) in [5.41, 5.74) is -0.807. The second-order valence-electron chi connectivity index (χ2n) is 4.46. The first kappa shape index (κ1) is 14.2. The molecule has 2 rings (SSSR count). The third kappa shape index (κ3) is 3.04. The lowest BCUT2D eigenvalue weighted by Crippen LogP contribution is -2.26. The number of halogens is 3. The number of carbonyl (C=O) groups is 2. The van der Waals surface area contributed by atoms with Crippen molar-refractivity contribution in [1.82, 2.24) is 0 Å². The van der Waals surface area contributed by atoms with Crippen molar-refractivity contribution in [2.45, 2.75) is 18.9 Å². The van der Waals surface area contributed by atoms with Gasteiger partial charge in [0, 0.05) is 18.3 Å². The minimum Gasteiger partial charge on any atom is -0.480 e. The Bertz CT molecular complexity index is 597. The predicted molar refractivity (Wildman–Crippen MR) is 63.3 cm³/mol. The number of aliphatic carboxylic acids is 1. The Balaban J connectivity index is 2.31. The topological polar surface area (TPSA) is 66.7 Å². The van der Waals surface area contributed by atoms with Crippen LogP contribution in [0.3, 0.4) is 0 Å². The number of carbonyl (C=O) groups excluding carboxylic acids is 1. The van der Waals surface area contributed by atoms with Crippen LogP contribution in [-0.2, 0) is 4.79 Å². The van der Waals surface area contributed by atoms with E-state index >= 15 is 0 Å². The van der Waals surface area contributed by atoms with E-state index in [4.69, 9.17) is 5.11 Å². The van der Waals surface area contributed by atoms with E-state index in [0.29, 0.717) is 6.07 Å². The summed E-state index contributed by atoms with van der Waals surface area (Å²) < 4.78 is 39.3. The first-order valence-corrected chi connectivity index (χ1v) is 5.85. The standard InChI is InChI=1S/C13H10F3NO3/c14-9-4-11(16)10(15)3-7(9)12(18)8(13(19)20)5-17-6-1-2-6/h3-6,8H,1-2H2,(H,19,20). The molecule has 0 aromatic heterocycles. The monoisotopic (exact) mass is 285 g/mol. The molecule has 1 saturated carbocycles. The highest BCUT2D eigenvalue weighted by Crippen LogP contribution is 2.24. The van der Waals surface area contributed by atoms with Gasteiger partial charge in [0.05, 0.1) is 5.56 Å². The molecule has 0 spiro atoms. The zero-order valence-corrected chi connectivity index (χ0v) is 10.1. The van der Waals surface area contributed by atoms with E-state index in [1.165, 1.54) is 0 Å². The van der Waals surface area contributed by atoms with Gasteiger partial charge in [0.2, 0.25) is 0 Å². The number of hydrogen-bond acceptors (Lipinski definition) is 3. The van der Waals surface area contributed by atoms with Crippen molar-refractivity contribution in [1.29, 1.82) is 0 Å². The van der Waals surface area contributed by atoms with E-state index in [0.717, 1.165) is 19.1 Å². The zero-order chi connectivity index (χ0) is 14.9. The van der Waals surface area contributed by atoms with Gasteiger partial charge >= 0.3 is 5.97 Å². The number of aliphatic imine (C=N–C) groups is 1. The highest BCUT2D eigenvalue weighted by Gasteiger charge is 2.30. The van der Waals surface area contributed by atoms with Gasteiger partial charge in [-0.2, -0.15) is 0 Å². The zero-order valence-electron chi connectivity index (χ0n) is 10.1. The summed E-state index contributed by atoms with van der Waals surface area (Å²) in [5, 5.41) is 8.95. The first-order valence-electron chi connectivity index (χ1n) is 5.85. The fourth-order valence-electron chi connectivity index (χ4n) is 1.55. The van der Waals surface area contributed by atoms with Gasteiger partial charge in [-0.1, -0.05) is 0 Å². The first-order chi connectivity index (χ1) is 9.40. The lowest BCUT2D eigenvalue weighted by atomic mass is 9.98. The van der Waals surface area contributed by atoms with Crippen LogP contribution < -0.4 is 0 Å². The summed E-state index contributed by atoms with van der Waals surface area (Å²) >= 11 is 0. The Labute approximate surface area is 111 Å². The summed E-state index contributed by atoms with van der Waals surface area (Å²) in [4.78, 5) is 26.8. The summed E-state index contributed by atoms with van der Waals surface area (Å²) in [6, 6.07) is 0.549. The number of carboxylic acid groups (broad SMARTS) is 1. The third-order valence-corrected chi connectivity index (χ3v) is 2.82. The average molecular weight is 285 g/mol. The molecule has 1 unspecified atom stereocenters. The Hall–Kier alpha value is -2.18. The van der Waals surface area contributed by atoms with E-state index in [1.807, 2.05) is 0 Å². The second kappa shape index (κ2) is 5.44. The van der Waals surface area contributed by atoms with E-state index < -0.39 is 40.7 Å². The number of hydrogen-bond donors (Lipinski definition) is 1. The molecule has 0 saturated heterocycles. The normalized spacial score (nSPS) is 16.4. The van der Waals surface area contributed by atoms with Gasteiger partial charge < -0.3 is 5.11 Å². The van der Waals surface area contributed by atoms with Gasteiger partial charge in [0.15, 0.2) is 23.3 Å². The molecule has 1 fully saturated rings. The molecule has 1 aromatic carbocycles. The van der Waals surface area contributed by atoms with Crippen molar-refractivity contribution in [3.8, 4) is 0 Å². The molecule has 1 N–H and O–H groups in total. The molecule has 1 atom stereocenters. The molecule has 0 heterocycles. The molecule has 0 amide bonds. The van der Waals surface area contributed by atoms with Gasteiger partial charge in [0.1, 0.15) is 5.82 Å². The van der Waals surface area contributed by atoms with Gasteiger partial charge in [0.25, 0.3) is 0 Å². The lowest BCUT2D eigenvalue weighted by Gasteiger charge is -2.08. The molecule has 0 radical (unpaired) electrons. The predicted octanol–water partition coefficient (Wildman–Crippen LogP) is 2.22. The van der Waals surface area contributed by atoms with Crippen LogP contribution in [0.15, 0.2) is 17.1 Å². The van der Waals surface area contributed by atoms with Crippen LogP contribution >= 0.6 is 0 Å². The van der Waals surface area contributed by atoms with Crippen LogP contribution in [0.4, 0.5) is 13.2 Å². The fraction of sp³-hybridized carbons (Fsp3) is 0.308. The summed E-state index contributed by atoms with van der Waals surface area (Å²) in [6.45, 7) is 0. The Morgan fingerprint density at radius 2 is 1.80 bits per heavy atom. The minimum atomic E-state index is -1.71. The van der Waals surface area contributed by atoms with E-state index in [1.54, 1.807) is 0 Å². The van der Waals surface area contributed by atoms with Crippen molar-refractivity contribution in [3.05, 3.63) is 35.1 Å². The maximum Gasteiger partial charge on any atom is 0.319 e. The van der Waals surface area contributed by atoms with E-state index in [-0.39, 0.29) is 12.1 Å². The molecule has 0 bridgehead atoms. The maximum absolute atomic E-state index is 13.5. The molecule has 1 aliphatic carbocycles. The van der Waals surface area contributed by atoms with Crippen molar-refractivity contribution in [2.75, 3.05) is 0 Å². The number of Topliss-reactive ketones (excluding diaryl/α,β-unsaturated/α-hetero) is 1. The molecular formula is C13H10F3NO3. The van der Waals surface area contributed by atoms with Crippen LogP contribution in [0.5, 0.6) is 0 Å². The largest absolute Gasteiger partial charge is 0.480 e. The van der Waals surface area contributed by atoms with Gasteiger partial charge in [-0.25, -0.2) is 13.2 Å². The Morgan fingerprint density at radius 3 is 2.35 bits per heavy atom. The number of benzene rings is 1. The quantitative estimate of drug-likeness (QED) is 0.390. The van der Waals surface area contributed by atoms with E-state index in [2.05, 4.69) is 4.99 Å². The molecule has 7 heteroatoms. The Morgan fingerprint density at radius 1 is 1.20 bits per heavy atom. The smallest absolute Gasteiger partial charge is 0.319 e. The van der Waals surface area contributed by atoms with E-state index in [9.17, 15) is 22.8 Å². The molecule has 1 aliphatic rings. The van der Waals surface area contributed by atoms with Crippen molar-refractivity contribution < 1.29 is 27.9 Å². The van der Waals surface area contributed by atoms with Gasteiger partial charge in [-0.05, 0) is 18.9 Å². The van der Waals surface area contributed by atoms with Crippen LogP contribution in [-0.4, -0.2) is 29.1 Å². The SMILES string of the molecule is O=C(O)C(C=NC1CC1)C(=O)c1cc(F)c(F)cc1F. The third-order valence-electron chi connectivity index (χ3n) is 2.82. The molecule has 1 aromatic rings. The average Bonchev–Trinajstić information content (AvgIpc) is 3.17. The highest BCUT2D eigenvalue weighted by molar-refractivity contribution is 6.18.